The predicted octanol–water partition coefficient (Wildman–Crippen LogP) is 1.18. The molecule has 0 amide bonds. The zero-order valence-electron chi connectivity index (χ0n) is 7.32. The molecule has 0 aliphatic rings. The minimum atomic E-state index is -0.489. The third kappa shape index (κ3) is 6.80. The van der Waals surface area contributed by atoms with Gasteiger partial charge in [0.1, 0.15) is 0 Å². The Morgan fingerprint density at radius 2 is 2.00 bits per heavy atom. The quantitative estimate of drug-likeness (QED) is 0.269. The van der Waals surface area contributed by atoms with Crippen LogP contribution in [0.2, 0.25) is 0 Å². The van der Waals surface area contributed by atoms with Crippen LogP contribution in [0.25, 0.3) is 0 Å². The highest BCUT2D eigenvalue weighted by Gasteiger charge is 2.01. The van der Waals surface area contributed by atoms with Crippen LogP contribution in [-0.2, 0) is 19.1 Å². The van der Waals surface area contributed by atoms with Crippen molar-refractivity contribution in [3.8, 4) is 0 Å². The summed E-state index contributed by atoms with van der Waals surface area (Å²) in [6.45, 7) is 6.64. The lowest BCUT2D eigenvalue weighted by molar-refractivity contribution is -0.141. The van der Waals surface area contributed by atoms with E-state index < -0.39 is 5.97 Å². The molecule has 0 aromatic rings. The first-order chi connectivity index (χ1) is 6.20. The Hall–Kier alpha value is -1.58. The molecule has 0 aromatic heterocycles. The van der Waals surface area contributed by atoms with E-state index in [-0.39, 0.29) is 19.0 Å². The van der Waals surface area contributed by atoms with Crippen LogP contribution in [-0.4, -0.2) is 18.5 Å². The molecule has 4 nitrogen and oxygen atoms in total. The molecular weight excluding hydrogens is 172 g/mol. The lowest BCUT2D eigenvalue weighted by atomic mass is 10.3. The maximum atomic E-state index is 10.7. The van der Waals surface area contributed by atoms with Crippen molar-refractivity contribution >= 4 is 11.9 Å². The van der Waals surface area contributed by atoms with Crippen LogP contribution in [0.5, 0.6) is 0 Å². The monoisotopic (exact) mass is 184 g/mol. The molecule has 13 heavy (non-hydrogen) atoms. The van der Waals surface area contributed by atoms with Crippen LogP contribution >= 0.6 is 0 Å². The Morgan fingerprint density at radius 1 is 1.31 bits per heavy atom. The standard InChI is InChI=1S/C9H12O4/c1-3-8(10)13-7-5-6-9(11)12-4-2/h3-4H,1-2,5-7H2. The maximum Gasteiger partial charge on any atom is 0.330 e. The van der Waals surface area contributed by atoms with E-state index in [4.69, 9.17) is 0 Å². The minimum absolute atomic E-state index is 0.192. The predicted molar refractivity (Wildman–Crippen MR) is 46.7 cm³/mol. The summed E-state index contributed by atoms with van der Waals surface area (Å²) in [7, 11) is 0. The van der Waals surface area contributed by atoms with Crippen molar-refractivity contribution in [3.63, 3.8) is 0 Å². The average Bonchev–Trinajstić information content (AvgIpc) is 2.12. The lowest BCUT2D eigenvalue weighted by Gasteiger charge is -2.00. The first kappa shape index (κ1) is 11.4. The van der Waals surface area contributed by atoms with E-state index in [1.54, 1.807) is 0 Å². The Kier molecular flexibility index (Phi) is 6.23. The molecule has 0 saturated heterocycles. The first-order valence-corrected chi connectivity index (χ1v) is 3.80. The first-order valence-electron chi connectivity index (χ1n) is 3.80. The second-order valence-electron chi connectivity index (χ2n) is 2.13. The maximum absolute atomic E-state index is 10.7. The van der Waals surface area contributed by atoms with Crippen molar-refractivity contribution in [2.75, 3.05) is 6.61 Å². The Labute approximate surface area is 76.8 Å². The van der Waals surface area contributed by atoms with E-state index in [2.05, 4.69) is 22.6 Å². The minimum Gasteiger partial charge on any atom is -0.463 e. The van der Waals surface area contributed by atoms with Crippen LogP contribution < -0.4 is 0 Å². The van der Waals surface area contributed by atoms with Gasteiger partial charge in [0.2, 0.25) is 0 Å². The summed E-state index contributed by atoms with van der Waals surface area (Å²) in [6, 6.07) is 0. The molecule has 0 bridgehead atoms. The van der Waals surface area contributed by atoms with Crippen LogP contribution in [0, 0.1) is 0 Å². The van der Waals surface area contributed by atoms with Gasteiger partial charge >= 0.3 is 11.9 Å². The molecule has 0 unspecified atom stereocenters. The van der Waals surface area contributed by atoms with Gasteiger partial charge in [0, 0.05) is 12.5 Å². The van der Waals surface area contributed by atoms with Crippen molar-refractivity contribution in [2.24, 2.45) is 0 Å². The molecule has 0 rings (SSSR count). The van der Waals surface area contributed by atoms with Gasteiger partial charge in [-0.05, 0) is 6.42 Å². The molecule has 0 aliphatic heterocycles. The molecule has 0 fully saturated rings. The number of esters is 2. The van der Waals surface area contributed by atoms with Gasteiger partial charge < -0.3 is 9.47 Å². The number of rotatable bonds is 6. The third-order valence-corrected chi connectivity index (χ3v) is 1.15. The van der Waals surface area contributed by atoms with Crippen LogP contribution in [0.4, 0.5) is 0 Å². The molecule has 0 saturated carbocycles. The van der Waals surface area contributed by atoms with Gasteiger partial charge in [0.25, 0.3) is 0 Å². The summed E-state index contributed by atoms with van der Waals surface area (Å²) in [5.41, 5.74) is 0. The average molecular weight is 184 g/mol. The number of hydrogen-bond donors (Lipinski definition) is 0. The van der Waals surface area contributed by atoms with Crippen molar-refractivity contribution in [1.29, 1.82) is 0 Å². The summed E-state index contributed by atoms with van der Waals surface area (Å²) >= 11 is 0. The summed E-state index contributed by atoms with van der Waals surface area (Å²) in [6.07, 6.45) is 2.78. The molecule has 0 atom stereocenters. The van der Waals surface area contributed by atoms with E-state index >= 15 is 0 Å². The van der Waals surface area contributed by atoms with Crippen molar-refractivity contribution in [3.05, 3.63) is 25.5 Å². The summed E-state index contributed by atoms with van der Waals surface area (Å²) in [4.78, 5) is 21.2. The summed E-state index contributed by atoms with van der Waals surface area (Å²) in [5.74, 6) is -0.873. The zero-order valence-corrected chi connectivity index (χ0v) is 7.32. The van der Waals surface area contributed by atoms with Gasteiger partial charge in [-0.1, -0.05) is 13.2 Å². The molecule has 0 aliphatic carbocycles. The van der Waals surface area contributed by atoms with Crippen LogP contribution in [0.1, 0.15) is 12.8 Å². The van der Waals surface area contributed by atoms with Gasteiger partial charge in [0.05, 0.1) is 12.9 Å². The fourth-order valence-corrected chi connectivity index (χ4v) is 0.600. The smallest absolute Gasteiger partial charge is 0.330 e. The SMILES string of the molecule is C=COC(=O)CCCOC(=O)C=C. The number of carbonyl (C=O) groups excluding carboxylic acids is 2. The normalized spacial score (nSPS) is 8.62. The van der Waals surface area contributed by atoms with Crippen molar-refractivity contribution < 1.29 is 19.1 Å². The molecular formula is C9H12O4. The summed E-state index contributed by atoms with van der Waals surface area (Å²) < 4.78 is 9.07. The molecule has 72 valence electrons. The highest BCUT2D eigenvalue weighted by atomic mass is 16.5. The summed E-state index contributed by atoms with van der Waals surface area (Å²) in [5, 5.41) is 0. The molecule has 4 heteroatoms. The van der Waals surface area contributed by atoms with E-state index in [1.807, 2.05) is 0 Å². The second-order valence-corrected chi connectivity index (χ2v) is 2.13. The van der Waals surface area contributed by atoms with Gasteiger partial charge in [-0.2, -0.15) is 0 Å². The highest BCUT2D eigenvalue weighted by Crippen LogP contribution is 1.94. The molecule has 0 radical (unpaired) electrons. The molecule has 0 spiro atoms. The van der Waals surface area contributed by atoms with Crippen molar-refractivity contribution in [2.45, 2.75) is 12.8 Å². The number of ether oxygens (including phenoxy) is 2. The largest absolute Gasteiger partial charge is 0.463 e. The number of carbonyl (C=O) groups is 2. The van der Waals surface area contributed by atoms with Gasteiger partial charge in [-0.25, -0.2) is 4.79 Å². The van der Waals surface area contributed by atoms with Crippen LogP contribution in [0.3, 0.4) is 0 Å². The van der Waals surface area contributed by atoms with Gasteiger partial charge in [-0.15, -0.1) is 0 Å². The van der Waals surface area contributed by atoms with Gasteiger partial charge in [-0.3, -0.25) is 4.79 Å². The molecule has 0 aromatic carbocycles. The van der Waals surface area contributed by atoms with E-state index in [1.165, 1.54) is 0 Å². The number of hydrogen-bond acceptors (Lipinski definition) is 4. The fraction of sp³-hybridized carbons (Fsp3) is 0.333. The van der Waals surface area contributed by atoms with Crippen molar-refractivity contribution in [1.82, 2.24) is 0 Å². The van der Waals surface area contributed by atoms with E-state index in [0.29, 0.717) is 6.42 Å². The van der Waals surface area contributed by atoms with Crippen LogP contribution in [0.15, 0.2) is 25.5 Å². The van der Waals surface area contributed by atoms with Gasteiger partial charge in [0.15, 0.2) is 0 Å². The zero-order chi connectivity index (χ0) is 10.1. The Bertz CT molecular complexity index is 208. The Balaban J connectivity index is 3.35. The third-order valence-electron chi connectivity index (χ3n) is 1.15. The molecule has 0 heterocycles. The van der Waals surface area contributed by atoms with E-state index in [9.17, 15) is 9.59 Å². The Morgan fingerprint density at radius 3 is 2.54 bits per heavy atom. The second kappa shape index (κ2) is 7.09. The van der Waals surface area contributed by atoms with E-state index in [0.717, 1.165) is 12.3 Å². The fourth-order valence-electron chi connectivity index (χ4n) is 0.600. The lowest BCUT2D eigenvalue weighted by Crippen LogP contribution is -2.05. The highest BCUT2D eigenvalue weighted by molar-refractivity contribution is 5.81. The topological polar surface area (TPSA) is 52.6 Å². The molecule has 0 N–H and O–H groups in total.